The number of nitrogens with zero attached hydrogens (tertiary/aromatic N) is 1. The Balaban J connectivity index is 2.45. The highest BCUT2D eigenvalue weighted by Crippen LogP contribution is 2.33. The van der Waals surface area contributed by atoms with Crippen LogP contribution < -0.4 is 11.1 Å². The summed E-state index contributed by atoms with van der Waals surface area (Å²) in [6, 6.07) is 2.70. The maximum absolute atomic E-state index is 13.4. The molecule has 1 atom stereocenters. The molecule has 1 aliphatic heterocycles. The molecule has 0 fully saturated rings. The summed E-state index contributed by atoms with van der Waals surface area (Å²) in [5.41, 5.74) is 5.56. The molecule has 1 heterocycles. The maximum Gasteiger partial charge on any atom is 0.189 e. The molecule has 0 spiro atoms. The van der Waals surface area contributed by atoms with Gasteiger partial charge in [-0.1, -0.05) is 23.2 Å². The molecule has 86 valence electrons. The van der Waals surface area contributed by atoms with E-state index in [0.717, 1.165) is 0 Å². The zero-order chi connectivity index (χ0) is 11.9. The first-order chi connectivity index (χ1) is 7.42. The molecule has 3 nitrogen and oxygen atoms in total. The van der Waals surface area contributed by atoms with Gasteiger partial charge in [-0.05, 0) is 19.1 Å². The summed E-state index contributed by atoms with van der Waals surface area (Å²) in [5, 5.41) is 3.37. The third-order valence-electron chi connectivity index (χ3n) is 2.57. The fraction of sp³-hybridized carbons (Fsp3) is 0.300. The van der Waals surface area contributed by atoms with Crippen LogP contribution in [0.5, 0.6) is 0 Å². The predicted molar refractivity (Wildman–Crippen MR) is 63.4 cm³/mol. The van der Waals surface area contributed by atoms with Crippen LogP contribution in [0.4, 0.5) is 4.39 Å². The fourth-order valence-electron chi connectivity index (χ4n) is 1.70. The molecule has 1 aromatic carbocycles. The first-order valence-electron chi connectivity index (χ1n) is 4.65. The van der Waals surface area contributed by atoms with Crippen molar-refractivity contribution < 1.29 is 4.39 Å². The van der Waals surface area contributed by atoms with E-state index in [9.17, 15) is 4.39 Å². The van der Waals surface area contributed by atoms with Crippen LogP contribution >= 0.6 is 23.2 Å². The van der Waals surface area contributed by atoms with Gasteiger partial charge in [0, 0.05) is 10.6 Å². The molecule has 1 aliphatic rings. The number of benzene rings is 1. The van der Waals surface area contributed by atoms with Gasteiger partial charge in [-0.3, -0.25) is 4.99 Å². The maximum atomic E-state index is 13.4. The second-order valence-electron chi connectivity index (χ2n) is 3.90. The molecule has 0 bridgehead atoms. The Morgan fingerprint density at radius 2 is 2.12 bits per heavy atom. The standard InChI is InChI=1S/C10H10Cl2FN3/c1-10(4-15-9(14)16-10)5-2-8(13)7(12)3-6(5)11/h2-3H,4H2,1H3,(H3,14,15,16). The van der Waals surface area contributed by atoms with Gasteiger partial charge < -0.3 is 11.1 Å². The fourth-order valence-corrected chi connectivity index (χ4v) is 2.29. The molecule has 6 heteroatoms. The molecule has 1 aromatic rings. The predicted octanol–water partition coefficient (Wildman–Crippen LogP) is 2.27. The summed E-state index contributed by atoms with van der Waals surface area (Å²) in [4.78, 5) is 4.03. The highest BCUT2D eigenvalue weighted by molar-refractivity contribution is 6.35. The van der Waals surface area contributed by atoms with Crippen molar-refractivity contribution in [3.8, 4) is 0 Å². The summed E-state index contributed by atoms with van der Waals surface area (Å²) in [7, 11) is 0. The van der Waals surface area contributed by atoms with Crippen molar-refractivity contribution in [1.82, 2.24) is 5.32 Å². The lowest BCUT2D eigenvalue weighted by atomic mass is 9.93. The zero-order valence-corrected chi connectivity index (χ0v) is 10.0. The van der Waals surface area contributed by atoms with Gasteiger partial charge in [0.25, 0.3) is 0 Å². The number of halogens is 3. The van der Waals surface area contributed by atoms with Gasteiger partial charge in [-0.15, -0.1) is 0 Å². The molecular formula is C10H10Cl2FN3. The lowest BCUT2D eigenvalue weighted by Crippen LogP contribution is -2.43. The minimum absolute atomic E-state index is 0.00392. The summed E-state index contributed by atoms with van der Waals surface area (Å²) in [6.07, 6.45) is 0. The third kappa shape index (κ3) is 1.83. The van der Waals surface area contributed by atoms with E-state index in [-0.39, 0.29) is 5.02 Å². The van der Waals surface area contributed by atoms with Crippen LogP contribution in [0.15, 0.2) is 17.1 Å². The van der Waals surface area contributed by atoms with Crippen molar-refractivity contribution >= 4 is 29.2 Å². The second kappa shape index (κ2) is 3.79. The normalized spacial score (nSPS) is 24.1. The molecule has 0 aromatic heterocycles. The van der Waals surface area contributed by atoms with Gasteiger partial charge in [0.1, 0.15) is 5.82 Å². The highest BCUT2D eigenvalue weighted by atomic mass is 35.5. The molecular weight excluding hydrogens is 252 g/mol. The number of hydrogen-bond donors (Lipinski definition) is 2. The lowest BCUT2D eigenvalue weighted by molar-refractivity contribution is 0.475. The number of nitrogens with one attached hydrogen (secondary N) is 1. The van der Waals surface area contributed by atoms with Gasteiger partial charge in [-0.25, -0.2) is 4.39 Å². The first-order valence-corrected chi connectivity index (χ1v) is 5.41. The molecule has 0 saturated carbocycles. The van der Waals surface area contributed by atoms with Crippen LogP contribution in [-0.4, -0.2) is 12.5 Å². The Kier molecular flexibility index (Phi) is 2.72. The van der Waals surface area contributed by atoms with E-state index < -0.39 is 11.4 Å². The minimum atomic E-state index is -0.577. The van der Waals surface area contributed by atoms with Crippen molar-refractivity contribution in [1.29, 1.82) is 0 Å². The van der Waals surface area contributed by atoms with Crippen LogP contribution in [0.3, 0.4) is 0 Å². The topological polar surface area (TPSA) is 50.4 Å². The van der Waals surface area contributed by atoms with E-state index in [2.05, 4.69) is 10.3 Å². The summed E-state index contributed by atoms with van der Waals surface area (Å²) >= 11 is 11.7. The van der Waals surface area contributed by atoms with Gasteiger partial charge in [0.15, 0.2) is 5.96 Å². The Labute approximate surface area is 102 Å². The number of guanidine groups is 1. The SMILES string of the molecule is CC1(c2cc(F)c(Cl)cc2Cl)CN=C(N)N1. The average molecular weight is 262 g/mol. The van der Waals surface area contributed by atoms with Crippen molar-refractivity contribution in [3.05, 3.63) is 33.6 Å². The second-order valence-corrected chi connectivity index (χ2v) is 4.72. The van der Waals surface area contributed by atoms with E-state index in [1.165, 1.54) is 12.1 Å². The van der Waals surface area contributed by atoms with Gasteiger partial charge >= 0.3 is 0 Å². The Morgan fingerprint density at radius 3 is 2.69 bits per heavy atom. The zero-order valence-electron chi connectivity index (χ0n) is 8.52. The molecule has 16 heavy (non-hydrogen) atoms. The number of hydrogen-bond acceptors (Lipinski definition) is 3. The first kappa shape index (κ1) is 11.5. The molecule has 2 rings (SSSR count). The molecule has 0 saturated heterocycles. The van der Waals surface area contributed by atoms with E-state index >= 15 is 0 Å². The van der Waals surface area contributed by atoms with Gasteiger partial charge in [0.05, 0.1) is 17.1 Å². The Bertz CT molecular complexity index is 475. The van der Waals surface area contributed by atoms with Crippen molar-refractivity contribution in [2.75, 3.05) is 6.54 Å². The largest absolute Gasteiger partial charge is 0.370 e. The molecule has 0 aliphatic carbocycles. The van der Waals surface area contributed by atoms with Crippen molar-refractivity contribution in [2.24, 2.45) is 10.7 Å². The summed E-state index contributed by atoms with van der Waals surface area (Å²) in [5.74, 6) is -0.177. The van der Waals surface area contributed by atoms with E-state index in [4.69, 9.17) is 28.9 Å². The van der Waals surface area contributed by atoms with E-state index in [0.29, 0.717) is 23.1 Å². The number of aliphatic imine (C=N–C) groups is 1. The Morgan fingerprint density at radius 1 is 1.44 bits per heavy atom. The van der Waals surface area contributed by atoms with Crippen LogP contribution in [0.1, 0.15) is 12.5 Å². The van der Waals surface area contributed by atoms with E-state index in [1.54, 1.807) is 0 Å². The summed E-state index contributed by atoms with van der Waals surface area (Å²) in [6.45, 7) is 2.27. The molecule has 3 N–H and O–H groups in total. The van der Waals surface area contributed by atoms with Crippen LogP contribution in [0, 0.1) is 5.82 Å². The van der Waals surface area contributed by atoms with Gasteiger partial charge in [-0.2, -0.15) is 0 Å². The highest BCUT2D eigenvalue weighted by Gasteiger charge is 2.33. The Hall–Kier alpha value is -1.00. The van der Waals surface area contributed by atoms with Crippen LogP contribution in [0.2, 0.25) is 10.0 Å². The average Bonchev–Trinajstić information content (AvgIpc) is 2.53. The monoisotopic (exact) mass is 261 g/mol. The third-order valence-corrected chi connectivity index (χ3v) is 3.18. The lowest BCUT2D eigenvalue weighted by Gasteiger charge is -2.26. The molecule has 0 amide bonds. The van der Waals surface area contributed by atoms with Gasteiger partial charge in [0.2, 0.25) is 0 Å². The van der Waals surface area contributed by atoms with Crippen LogP contribution in [0.25, 0.3) is 0 Å². The van der Waals surface area contributed by atoms with Crippen LogP contribution in [-0.2, 0) is 5.54 Å². The number of nitrogens with two attached hydrogens (primary N) is 1. The molecule has 0 radical (unpaired) electrons. The smallest absolute Gasteiger partial charge is 0.189 e. The van der Waals surface area contributed by atoms with Crippen molar-refractivity contribution in [2.45, 2.75) is 12.5 Å². The summed E-state index contributed by atoms with van der Waals surface area (Å²) < 4.78 is 13.4. The van der Waals surface area contributed by atoms with Crippen molar-refractivity contribution in [3.63, 3.8) is 0 Å². The quantitative estimate of drug-likeness (QED) is 0.763. The minimum Gasteiger partial charge on any atom is -0.370 e. The molecule has 1 unspecified atom stereocenters. The van der Waals surface area contributed by atoms with E-state index in [1.807, 2.05) is 6.92 Å². The number of rotatable bonds is 1.